The van der Waals surface area contributed by atoms with Crippen LogP contribution in [-0.4, -0.2) is 17.1 Å². The summed E-state index contributed by atoms with van der Waals surface area (Å²) in [6.45, 7) is 0. The summed E-state index contributed by atoms with van der Waals surface area (Å²) in [4.78, 5) is 8.97. The maximum atomic E-state index is 6.12. The van der Waals surface area contributed by atoms with Gasteiger partial charge in [0.25, 0.3) is 0 Å². The Morgan fingerprint density at radius 2 is 2.11 bits per heavy atom. The number of halogens is 1. The molecule has 0 saturated carbocycles. The Labute approximate surface area is 116 Å². The van der Waals surface area contributed by atoms with Crippen LogP contribution in [0.15, 0.2) is 18.2 Å². The molecular weight excluding hydrogens is 262 g/mol. The van der Waals surface area contributed by atoms with Gasteiger partial charge in [-0.3, -0.25) is 0 Å². The van der Waals surface area contributed by atoms with Crippen molar-refractivity contribution in [1.82, 2.24) is 9.97 Å². The van der Waals surface area contributed by atoms with Gasteiger partial charge in [0.1, 0.15) is 11.6 Å². The van der Waals surface area contributed by atoms with Gasteiger partial charge in [-0.1, -0.05) is 11.6 Å². The number of aryl methyl sites for hydroxylation is 1. The van der Waals surface area contributed by atoms with Crippen LogP contribution in [0.2, 0.25) is 5.02 Å². The minimum absolute atomic E-state index is 0.544. The summed E-state index contributed by atoms with van der Waals surface area (Å²) in [6, 6.07) is 5.50. The first-order valence-electron chi connectivity index (χ1n) is 6.18. The number of ether oxygens (including phenoxy) is 1. The molecule has 0 amide bonds. The van der Waals surface area contributed by atoms with Gasteiger partial charge in [-0.25, -0.2) is 9.97 Å². The lowest BCUT2D eigenvalue weighted by Gasteiger charge is -2.08. The number of nitrogen functional groups attached to an aromatic ring is 1. The first-order chi connectivity index (χ1) is 9.19. The van der Waals surface area contributed by atoms with Gasteiger partial charge < -0.3 is 10.5 Å². The Kier molecular flexibility index (Phi) is 3.03. The molecule has 0 bridgehead atoms. The molecule has 0 fully saturated rings. The third-order valence-corrected chi connectivity index (χ3v) is 3.67. The van der Waals surface area contributed by atoms with E-state index in [0.717, 1.165) is 36.1 Å². The second-order valence-corrected chi connectivity index (χ2v) is 4.97. The average molecular weight is 276 g/mol. The predicted octanol–water partition coefficient (Wildman–Crippen LogP) is 2.88. The summed E-state index contributed by atoms with van der Waals surface area (Å²) < 4.78 is 5.14. The average Bonchev–Trinajstić information content (AvgIpc) is 2.87. The highest BCUT2D eigenvalue weighted by atomic mass is 35.5. The van der Waals surface area contributed by atoms with Crippen molar-refractivity contribution in [1.29, 1.82) is 0 Å². The highest BCUT2D eigenvalue weighted by Gasteiger charge is 2.18. The van der Waals surface area contributed by atoms with E-state index in [9.17, 15) is 0 Å². The van der Waals surface area contributed by atoms with Crippen molar-refractivity contribution in [3.05, 3.63) is 34.5 Å². The first-order valence-corrected chi connectivity index (χ1v) is 6.56. The standard InChI is InChI=1S/C14H14ClN3O/c1-19-12-6-5-8(7-10(12)15)14-17-11-4-2-3-9(11)13(16)18-14/h5-7H,2-4H2,1H3,(H2,16,17,18). The van der Waals surface area contributed by atoms with E-state index < -0.39 is 0 Å². The molecule has 4 nitrogen and oxygen atoms in total. The van der Waals surface area contributed by atoms with Crippen molar-refractivity contribution in [3.63, 3.8) is 0 Å². The number of hydrogen-bond donors (Lipinski definition) is 1. The molecule has 0 atom stereocenters. The van der Waals surface area contributed by atoms with E-state index in [0.29, 0.717) is 22.4 Å². The minimum Gasteiger partial charge on any atom is -0.495 e. The van der Waals surface area contributed by atoms with E-state index >= 15 is 0 Å². The van der Waals surface area contributed by atoms with E-state index in [1.165, 1.54) is 0 Å². The summed E-state index contributed by atoms with van der Waals surface area (Å²) in [5.41, 5.74) is 9.01. The normalized spacial score (nSPS) is 13.4. The number of methoxy groups -OCH3 is 1. The maximum absolute atomic E-state index is 6.12. The van der Waals surface area contributed by atoms with Crippen molar-refractivity contribution < 1.29 is 4.74 Å². The molecule has 1 aromatic carbocycles. The van der Waals surface area contributed by atoms with Crippen LogP contribution in [0.1, 0.15) is 17.7 Å². The summed E-state index contributed by atoms with van der Waals surface area (Å²) in [7, 11) is 1.59. The fraction of sp³-hybridized carbons (Fsp3) is 0.286. The lowest BCUT2D eigenvalue weighted by Crippen LogP contribution is -2.02. The van der Waals surface area contributed by atoms with Crippen molar-refractivity contribution in [2.24, 2.45) is 0 Å². The molecule has 1 aliphatic rings. The second kappa shape index (κ2) is 4.70. The molecule has 0 aliphatic heterocycles. The molecule has 0 unspecified atom stereocenters. The maximum Gasteiger partial charge on any atom is 0.161 e. The van der Waals surface area contributed by atoms with Crippen LogP contribution in [0.4, 0.5) is 5.82 Å². The molecule has 0 spiro atoms. The van der Waals surface area contributed by atoms with Gasteiger partial charge >= 0.3 is 0 Å². The van der Waals surface area contributed by atoms with Crippen LogP contribution < -0.4 is 10.5 Å². The Balaban J connectivity index is 2.07. The smallest absolute Gasteiger partial charge is 0.161 e. The van der Waals surface area contributed by atoms with Crippen molar-refractivity contribution >= 4 is 17.4 Å². The van der Waals surface area contributed by atoms with E-state index in [-0.39, 0.29) is 0 Å². The zero-order chi connectivity index (χ0) is 13.4. The third kappa shape index (κ3) is 2.12. The number of nitrogens with two attached hydrogens (primary N) is 1. The summed E-state index contributed by atoms with van der Waals surface area (Å²) in [6.07, 6.45) is 3.05. The van der Waals surface area contributed by atoms with Gasteiger partial charge in [-0.05, 0) is 37.5 Å². The molecule has 1 aliphatic carbocycles. The Bertz CT molecular complexity index is 643. The molecule has 1 aromatic heterocycles. The topological polar surface area (TPSA) is 61.0 Å². The van der Waals surface area contributed by atoms with E-state index in [1.807, 2.05) is 12.1 Å². The zero-order valence-electron chi connectivity index (χ0n) is 10.6. The van der Waals surface area contributed by atoms with Gasteiger partial charge in [-0.2, -0.15) is 0 Å². The fourth-order valence-corrected chi connectivity index (χ4v) is 2.65. The molecule has 3 rings (SSSR count). The minimum atomic E-state index is 0.544. The largest absolute Gasteiger partial charge is 0.495 e. The molecule has 2 aromatic rings. The van der Waals surface area contributed by atoms with Crippen molar-refractivity contribution in [3.8, 4) is 17.1 Å². The van der Waals surface area contributed by atoms with Gasteiger partial charge in [0, 0.05) is 16.8 Å². The van der Waals surface area contributed by atoms with Crippen LogP contribution in [0, 0.1) is 0 Å². The van der Waals surface area contributed by atoms with E-state index in [4.69, 9.17) is 22.1 Å². The lowest BCUT2D eigenvalue weighted by molar-refractivity contribution is 0.415. The van der Waals surface area contributed by atoms with Gasteiger partial charge in [-0.15, -0.1) is 0 Å². The monoisotopic (exact) mass is 275 g/mol. The van der Waals surface area contributed by atoms with Crippen molar-refractivity contribution in [2.45, 2.75) is 19.3 Å². The first kappa shape index (κ1) is 12.2. The molecular formula is C14H14ClN3O. The van der Waals surface area contributed by atoms with E-state index in [2.05, 4.69) is 9.97 Å². The molecule has 2 N–H and O–H groups in total. The second-order valence-electron chi connectivity index (χ2n) is 4.56. The van der Waals surface area contributed by atoms with Crippen LogP contribution >= 0.6 is 11.6 Å². The highest BCUT2D eigenvalue weighted by molar-refractivity contribution is 6.32. The van der Waals surface area contributed by atoms with Gasteiger partial charge in [0.05, 0.1) is 12.1 Å². The third-order valence-electron chi connectivity index (χ3n) is 3.38. The van der Waals surface area contributed by atoms with Crippen LogP contribution in [0.25, 0.3) is 11.4 Å². The van der Waals surface area contributed by atoms with Crippen LogP contribution in [0.5, 0.6) is 5.75 Å². The molecule has 19 heavy (non-hydrogen) atoms. The number of hydrogen-bond acceptors (Lipinski definition) is 4. The number of fused-ring (bicyclic) bond motifs is 1. The number of anilines is 1. The van der Waals surface area contributed by atoms with Gasteiger partial charge in [0.15, 0.2) is 5.82 Å². The zero-order valence-corrected chi connectivity index (χ0v) is 11.4. The SMILES string of the molecule is COc1ccc(-c2nc(N)c3c(n2)CCC3)cc1Cl. The van der Waals surface area contributed by atoms with E-state index in [1.54, 1.807) is 13.2 Å². The van der Waals surface area contributed by atoms with Crippen LogP contribution in [-0.2, 0) is 12.8 Å². The predicted molar refractivity (Wildman–Crippen MR) is 75.5 cm³/mol. The van der Waals surface area contributed by atoms with Crippen LogP contribution in [0.3, 0.4) is 0 Å². The van der Waals surface area contributed by atoms with Gasteiger partial charge in [0.2, 0.25) is 0 Å². The Hall–Kier alpha value is -1.81. The fourth-order valence-electron chi connectivity index (χ4n) is 2.40. The molecule has 98 valence electrons. The Morgan fingerprint density at radius 3 is 2.84 bits per heavy atom. The number of benzene rings is 1. The molecule has 0 radical (unpaired) electrons. The number of aromatic nitrogens is 2. The Morgan fingerprint density at radius 1 is 1.26 bits per heavy atom. The van der Waals surface area contributed by atoms with Crippen molar-refractivity contribution in [2.75, 3.05) is 12.8 Å². The quantitative estimate of drug-likeness (QED) is 0.915. The molecule has 5 heteroatoms. The highest BCUT2D eigenvalue weighted by Crippen LogP contribution is 2.31. The summed E-state index contributed by atoms with van der Waals surface area (Å²) >= 11 is 6.12. The molecule has 0 saturated heterocycles. The molecule has 1 heterocycles. The lowest BCUT2D eigenvalue weighted by atomic mass is 10.1. The number of rotatable bonds is 2. The number of nitrogens with zero attached hydrogens (tertiary/aromatic N) is 2. The summed E-state index contributed by atoms with van der Waals surface area (Å²) in [5.74, 6) is 1.85. The summed E-state index contributed by atoms with van der Waals surface area (Å²) in [5, 5.41) is 0.544.